The highest BCUT2D eigenvalue weighted by molar-refractivity contribution is 6.03. The Morgan fingerprint density at radius 2 is 2.12 bits per heavy atom. The summed E-state index contributed by atoms with van der Waals surface area (Å²) >= 11 is 0. The first-order chi connectivity index (χ1) is 7.74. The Bertz CT molecular complexity index is 328. The third-order valence-electron chi connectivity index (χ3n) is 2.53. The average Bonchev–Trinajstić information content (AvgIpc) is 2.56. The first-order valence-corrected chi connectivity index (χ1v) is 5.48. The van der Waals surface area contributed by atoms with Crippen molar-refractivity contribution in [1.82, 2.24) is 4.90 Å². The molecule has 0 aromatic rings. The van der Waals surface area contributed by atoms with Crippen LogP contribution >= 0.6 is 0 Å². The Kier molecular flexibility index (Phi) is 4.76. The Hall–Kier alpha value is -1.58. The van der Waals surface area contributed by atoms with E-state index in [0.717, 1.165) is 18.9 Å². The summed E-state index contributed by atoms with van der Waals surface area (Å²) in [6.07, 6.45) is 7.15. The maximum absolute atomic E-state index is 11.7. The molecule has 1 aliphatic rings. The van der Waals surface area contributed by atoms with Crippen LogP contribution in [0.2, 0.25) is 0 Å². The second-order valence-corrected chi connectivity index (χ2v) is 3.39. The normalized spacial score (nSPS) is 18.9. The molecule has 16 heavy (non-hydrogen) atoms. The summed E-state index contributed by atoms with van der Waals surface area (Å²) in [5, 5.41) is 0. The van der Waals surface area contributed by atoms with Gasteiger partial charge in [0, 0.05) is 19.3 Å². The van der Waals surface area contributed by atoms with Gasteiger partial charge in [-0.1, -0.05) is 12.2 Å². The molecule has 0 aliphatic carbocycles. The Morgan fingerprint density at radius 3 is 2.69 bits per heavy atom. The SMILES string of the molecule is CCN(CC)C1=NC=CC=CC1C(=O)OC. The molecule has 0 fully saturated rings. The zero-order valence-electron chi connectivity index (χ0n) is 10.0. The maximum Gasteiger partial charge on any atom is 0.320 e. The highest BCUT2D eigenvalue weighted by Crippen LogP contribution is 2.12. The number of amidine groups is 1. The number of allylic oxidation sites excluding steroid dienone is 2. The Morgan fingerprint density at radius 1 is 1.44 bits per heavy atom. The minimum atomic E-state index is -0.403. The lowest BCUT2D eigenvalue weighted by atomic mass is 10.1. The van der Waals surface area contributed by atoms with E-state index in [1.54, 1.807) is 6.20 Å². The lowest BCUT2D eigenvalue weighted by Crippen LogP contribution is -2.38. The van der Waals surface area contributed by atoms with Crippen LogP contribution < -0.4 is 0 Å². The number of ether oxygens (including phenoxy) is 1. The number of aliphatic imine (C=N–C) groups is 1. The molecule has 88 valence electrons. The van der Waals surface area contributed by atoms with Gasteiger partial charge in [0.2, 0.25) is 0 Å². The van der Waals surface area contributed by atoms with Gasteiger partial charge >= 0.3 is 5.97 Å². The lowest BCUT2D eigenvalue weighted by molar-refractivity contribution is -0.141. The second-order valence-electron chi connectivity index (χ2n) is 3.39. The molecule has 1 atom stereocenters. The fraction of sp³-hybridized carbons (Fsp3) is 0.500. The molecule has 0 spiro atoms. The first kappa shape index (κ1) is 12.5. The predicted molar refractivity (Wildman–Crippen MR) is 64.1 cm³/mol. The summed E-state index contributed by atoms with van der Waals surface area (Å²) in [4.78, 5) is 18.0. The molecule has 1 rings (SSSR count). The molecule has 4 nitrogen and oxygen atoms in total. The van der Waals surface area contributed by atoms with Gasteiger partial charge in [-0.15, -0.1) is 0 Å². The van der Waals surface area contributed by atoms with Crippen molar-refractivity contribution >= 4 is 11.8 Å². The topological polar surface area (TPSA) is 41.9 Å². The van der Waals surface area contributed by atoms with E-state index in [2.05, 4.69) is 9.89 Å². The van der Waals surface area contributed by atoms with E-state index in [-0.39, 0.29) is 5.97 Å². The van der Waals surface area contributed by atoms with Crippen molar-refractivity contribution in [2.45, 2.75) is 13.8 Å². The van der Waals surface area contributed by atoms with Crippen LogP contribution in [-0.2, 0) is 9.53 Å². The van der Waals surface area contributed by atoms with E-state index in [1.807, 2.05) is 32.1 Å². The van der Waals surface area contributed by atoms with E-state index in [9.17, 15) is 4.79 Å². The van der Waals surface area contributed by atoms with Crippen LogP contribution in [0, 0.1) is 5.92 Å². The van der Waals surface area contributed by atoms with Gasteiger partial charge in [0.25, 0.3) is 0 Å². The van der Waals surface area contributed by atoms with Crippen LogP contribution in [0.25, 0.3) is 0 Å². The van der Waals surface area contributed by atoms with E-state index in [0.29, 0.717) is 0 Å². The zero-order chi connectivity index (χ0) is 12.0. The van der Waals surface area contributed by atoms with Gasteiger partial charge in [0.15, 0.2) is 0 Å². The number of hydrogen-bond acceptors (Lipinski definition) is 4. The summed E-state index contributed by atoms with van der Waals surface area (Å²) in [6.45, 7) is 5.73. The average molecular weight is 222 g/mol. The number of nitrogens with zero attached hydrogens (tertiary/aromatic N) is 2. The quantitative estimate of drug-likeness (QED) is 0.681. The van der Waals surface area contributed by atoms with E-state index in [1.165, 1.54) is 7.11 Å². The smallest absolute Gasteiger partial charge is 0.320 e. The molecule has 0 amide bonds. The molecule has 0 N–H and O–H groups in total. The first-order valence-electron chi connectivity index (χ1n) is 5.48. The molecule has 0 saturated carbocycles. The summed E-state index contributed by atoms with van der Waals surface area (Å²) < 4.78 is 4.79. The van der Waals surface area contributed by atoms with Crippen molar-refractivity contribution in [3.63, 3.8) is 0 Å². The van der Waals surface area contributed by atoms with Gasteiger partial charge in [0.1, 0.15) is 11.8 Å². The fourth-order valence-electron chi connectivity index (χ4n) is 1.65. The number of esters is 1. The van der Waals surface area contributed by atoms with Crippen LogP contribution in [0.3, 0.4) is 0 Å². The number of hydrogen-bond donors (Lipinski definition) is 0. The van der Waals surface area contributed by atoms with Crippen LogP contribution in [0.4, 0.5) is 0 Å². The molecule has 0 radical (unpaired) electrons. The van der Waals surface area contributed by atoms with Crippen LogP contribution in [-0.4, -0.2) is 36.9 Å². The molecular weight excluding hydrogens is 204 g/mol. The number of carbonyl (C=O) groups excluding carboxylic acids is 1. The lowest BCUT2D eigenvalue weighted by Gasteiger charge is -2.25. The number of rotatable bonds is 3. The summed E-state index contributed by atoms with van der Waals surface area (Å²) in [7, 11) is 1.40. The maximum atomic E-state index is 11.7. The Balaban J connectivity index is 2.99. The van der Waals surface area contributed by atoms with Gasteiger partial charge in [-0.05, 0) is 19.9 Å². The minimum Gasteiger partial charge on any atom is -0.468 e. The molecule has 1 aliphatic heterocycles. The highest BCUT2D eigenvalue weighted by atomic mass is 16.5. The third-order valence-corrected chi connectivity index (χ3v) is 2.53. The minimum absolute atomic E-state index is 0.273. The Labute approximate surface area is 96.3 Å². The van der Waals surface area contributed by atoms with E-state index >= 15 is 0 Å². The van der Waals surface area contributed by atoms with Gasteiger partial charge in [-0.2, -0.15) is 0 Å². The van der Waals surface area contributed by atoms with Crippen LogP contribution in [0.1, 0.15) is 13.8 Å². The van der Waals surface area contributed by atoms with Crippen molar-refractivity contribution in [3.8, 4) is 0 Å². The van der Waals surface area contributed by atoms with Crippen molar-refractivity contribution in [2.75, 3.05) is 20.2 Å². The van der Waals surface area contributed by atoms with Crippen molar-refractivity contribution < 1.29 is 9.53 Å². The summed E-state index contributed by atoms with van der Waals surface area (Å²) in [5.41, 5.74) is 0. The standard InChI is InChI=1S/C12H18N2O2/c1-4-14(5-2)11-10(12(15)16-3)8-6-7-9-13-11/h6-10H,4-5H2,1-3H3. The van der Waals surface area contributed by atoms with Crippen molar-refractivity contribution in [2.24, 2.45) is 10.9 Å². The summed E-state index contributed by atoms with van der Waals surface area (Å²) in [5.74, 6) is 0.0763. The molecule has 0 saturated heterocycles. The van der Waals surface area contributed by atoms with E-state index in [4.69, 9.17) is 4.74 Å². The molecule has 0 bridgehead atoms. The number of methoxy groups -OCH3 is 1. The fourth-order valence-corrected chi connectivity index (χ4v) is 1.65. The monoisotopic (exact) mass is 222 g/mol. The van der Waals surface area contributed by atoms with Crippen LogP contribution in [0.15, 0.2) is 29.4 Å². The molecule has 1 unspecified atom stereocenters. The van der Waals surface area contributed by atoms with E-state index < -0.39 is 5.92 Å². The van der Waals surface area contributed by atoms with Gasteiger partial charge in [-0.3, -0.25) is 4.79 Å². The summed E-state index contributed by atoms with van der Waals surface area (Å²) in [6, 6.07) is 0. The number of carbonyl (C=O) groups is 1. The zero-order valence-corrected chi connectivity index (χ0v) is 10.0. The molecule has 4 heteroatoms. The van der Waals surface area contributed by atoms with Crippen LogP contribution in [0.5, 0.6) is 0 Å². The van der Waals surface area contributed by atoms with Gasteiger partial charge < -0.3 is 9.64 Å². The molecular formula is C12H18N2O2. The largest absolute Gasteiger partial charge is 0.468 e. The molecule has 0 aromatic carbocycles. The second kappa shape index (κ2) is 6.10. The third kappa shape index (κ3) is 2.72. The van der Waals surface area contributed by atoms with Gasteiger partial charge in [-0.25, -0.2) is 4.99 Å². The molecule has 0 aromatic heterocycles. The molecule has 1 heterocycles. The van der Waals surface area contributed by atoms with Crippen molar-refractivity contribution in [3.05, 3.63) is 24.4 Å². The predicted octanol–water partition coefficient (Wildman–Crippen LogP) is 1.60. The van der Waals surface area contributed by atoms with Gasteiger partial charge in [0.05, 0.1) is 7.11 Å². The highest BCUT2D eigenvalue weighted by Gasteiger charge is 2.26. The van der Waals surface area contributed by atoms with Crippen molar-refractivity contribution in [1.29, 1.82) is 0 Å².